The summed E-state index contributed by atoms with van der Waals surface area (Å²) in [6.07, 6.45) is -1.07. The van der Waals surface area contributed by atoms with Crippen molar-refractivity contribution in [2.75, 3.05) is 21.3 Å². The van der Waals surface area contributed by atoms with Crippen molar-refractivity contribution in [3.8, 4) is 17.2 Å². The Morgan fingerprint density at radius 2 is 1.35 bits per heavy atom. The lowest BCUT2D eigenvalue weighted by Crippen LogP contribution is -2.25. The summed E-state index contributed by atoms with van der Waals surface area (Å²) >= 11 is 0. The van der Waals surface area contributed by atoms with E-state index < -0.39 is 57.8 Å². The number of carbonyl (C=O) groups is 3. The molecule has 1 aliphatic rings. The second kappa shape index (κ2) is 6.95. The van der Waals surface area contributed by atoms with Gasteiger partial charge in [0, 0.05) is 6.92 Å². The number of fused-ring (bicyclic) bond motifs is 1. The van der Waals surface area contributed by atoms with Crippen molar-refractivity contribution in [1.82, 2.24) is 0 Å². The minimum Gasteiger partial charge on any atom is -0.507 e. The van der Waals surface area contributed by atoms with Crippen LogP contribution in [0.5, 0.6) is 17.2 Å². The fourth-order valence-electron chi connectivity index (χ4n) is 2.86. The molecule has 2 rings (SSSR count). The van der Waals surface area contributed by atoms with Gasteiger partial charge in [0.15, 0.2) is 11.5 Å². The van der Waals surface area contributed by atoms with Gasteiger partial charge >= 0.3 is 5.97 Å². The second-order valence-corrected chi connectivity index (χ2v) is 5.37. The third-order valence-corrected chi connectivity index (χ3v) is 3.87. The molecule has 0 saturated carbocycles. The highest BCUT2D eigenvalue weighted by atomic mass is 16.5. The number of ether oxygens (including phenoxy) is 4. The van der Waals surface area contributed by atoms with Gasteiger partial charge in [0.25, 0.3) is 0 Å². The van der Waals surface area contributed by atoms with E-state index >= 15 is 0 Å². The molecule has 0 heterocycles. The zero-order valence-corrected chi connectivity index (χ0v) is 14.8. The number of ketones is 2. The first-order valence-electron chi connectivity index (χ1n) is 7.45. The lowest BCUT2D eigenvalue weighted by atomic mass is 9.87. The largest absolute Gasteiger partial charge is 0.507 e. The molecule has 1 aromatic rings. The van der Waals surface area contributed by atoms with Crippen molar-refractivity contribution in [2.45, 2.75) is 20.0 Å². The first-order valence-corrected chi connectivity index (χ1v) is 7.45. The van der Waals surface area contributed by atoms with Crippen molar-refractivity contribution in [3.63, 3.8) is 0 Å². The van der Waals surface area contributed by atoms with Crippen LogP contribution in [0.15, 0.2) is 11.5 Å². The summed E-state index contributed by atoms with van der Waals surface area (Å²) in [5.41, 5.74) is -1.13. The van der Waals surface area contributed by atoms with E-state index in [4.69, 9.17) is 18.9 Å². The van der Waals surface area contributed by atoms with Crippen LogP contribution < -0.4 is 4.74 Å². The molecule has 0 aromatic heterocycles. The number of phenols is 2. The summed E-state index contributed by atoms with van der Waals surface area (Å²) in [7, 11) is 3.51. The molecule has 26 heavy (non-hydrogen) atoms. The van der Waals surface area contributed by atoms with Crippen LogP contribution in [0.2, 0.25) is 0 Å². The molecule has 0 radical (unpaired) electrons. The van der Waals surface area contributed by atoms with Crippen LogP contribution in [0, 0.1) is 0 Å². The molecule has 1 aliphatic carbocycles. The van der Waals surface area contributed by atoms with Crippen LogP contribution in [-0.2, 0) is 19.0 Å². The van der Waals surface area contributed by atoms with Crippen LogP contribution in [-0.4, -0.2) is 49.1 Å². The van der Waals surface area contributed by atoms with Gasteiger partial charge in [-0.3, -0.25) is 14.4 Å². The monoisotopic (exact) mass is 366 g/mol. The van der Waals surface area contributed by atoms with Gasteiger partial charge in [0.2, 0.25) is 23.1 Å². The average Bonchev–Trinajstić information content (AvgIpc) is 2.57. The van der Waals surface area contributed by atoms with Crippen LogP contribution >= 0.6 is 0 Å². The van der Waals surface area contributed by atoms with E-state index in [0.29, 0.717) is 0 Å². The number of esters is 1. The summed E-state index contributed by atoms with van der Waals surface area (Å²) < 4.78 is 19.9. The second-order valence-electron chi connectivity index (χ2n) is 5.37. The van der Waals surface area contributed by atoms with Crippen LogP contribution in [0.25, 0.3) is 0 Å². The Bertz CT molecular complexity index is 835. The topological polar surface area (TPSA) is 129 Å². The molecule has 1 aromatic carbocycles. The number of hydrogen-bond donors (Lipinski definition) is 2. The molecule has 140 valence electrons. The Hall–Kier alpha value is -3.23. The highest BCUT2D eigenvalue weighted by molar-refractivity contribution is 6.28. The molecule has 0 fully saturated rings. The van der Waals surface area contributed by atoms with Gasteiger partial charge in [-0.1, -0.05) is 0 Å². The standard InChI is InChI=1S/C17H18O9/c1-6(26-7(2)18)8-11(19)9-10(12(20)15(8)23-3)14(22)17(25-5)16(24-4)13(9)21/h6,19-20H,1-5H3. The van der Waals surface area contributed by atoms with Gasteiger partial charge in [0.1, 0.15) is 11.9 Å². The predicted molar refractivity (Wildman–Crippen MR) is 86.2 cm³/mol. The minimum atomic E-state index is -1.07. The number of carbonyl (C=O) groups excluding carboxylic acids is 3. The number of allylic oxidation sites excluding steroid dienone is 2. The molecule has 9 heteroatoms. The Balaban J connectivity index is 2.86. The van der Waals surface area contributed by atoms with E-state index in [2.05, 4.69) is 0 Å². The maximum atomic E-state index is 12.7. The molecule has 2 N–H and O–H groups in total. The molecule has 0 aliphatic heterocycles. The molecule has 1 unspecified atom stereocenters. The van der Waals surface area contributed by atoms with Crippen molar-refractivity contribution < 1.29 is 43.5 Å². The first kappa shape index (κ1) is 19.1. The molecule has 9 nitrogen and oxygen atoms in total. The van der Waals surface area contributed by atoms with Gasteiger partial charge in [-0.15, -0.1) is 0 Å². The van der Waals surface area contributed by atoms with E-state index in [9.17, 15) is 24.6 Å². The van der Waals surface area contributed by atoms with Gasteiger partial charge in [-0.05, 0) is 6.92 Å². The molecular weight excluding hydrogens is 348 g/mol. The van der Waals surface area contributed by atoms with Crippen LogP contribution in [0.3, 0.4) is 0 Å². The Labute approximate surface area is 148 Å². The number of aromatic hydroxyl groups is 2. The lowest BCUT2D eigenvalue weighted by molar-refractivity contribution is -0.145. The zero-order valence-electron chi connectivity index (χ0n) is 14.8. The highest BCUT2D eigenvalue weighted by Gasteiger charge is 2.42. The number of hydrogen-bond acceptors (Lipinski definition) is 9. The highest BCUT2D eigenvalue weighted by Crippen LogP contribution is 2.49. The summed E-state index contributed by atoms with van der Waals surface area (Å²) in [6.45, 7) is 2.57. The SMILES string of the molecule is COC1=C(OC)C(=O)c2c(O)c(C(C)OC(C)=O)c(OC)c(O)c2C1=O. The summed E-state index contributed by atoms with van der Waals surface area (Å²) in [5, 5.41) is 21.2. The fraction of sp³-hybridized carbons (Fsp3) is 0.353. The van der Waals surface area contributed by atoms with Gasteiger partial charge < -0.3 is 29.2 Å². The van der Waals surface area contributed by atoms with Crippen molar-refractivity contribution in [3.05, 3.63) is 28.2 Å². The van der Waals surface area contributed by atoms with E-state index in [1.54, 1.807) is 0 Å². The normalized spacial score (nSPS) is 14.7. The number of phenolic OH excluding ortho intramolecular Hbond substituents is 2. The number of benzene rings is 1. The third-order valence-electron chi connectivity index (χ3n) is 3.87. The number of rotatable bonds is 5. The van der Waals surface area contributed by atoms with Crippen molar-refractivity contribution >= 4 is 17.5 Å². The Kier molecular flexibility index (Phi) is 5.10. The maximum absolute atomic E-state index is 12.7. The molecule has 0 spiro atoms. The van der Waals surface area contributed by atoms with Gasteiger partial charge in [0.05, 0.1) is 38.0 Å². The van der Waals surface area contributed by atoms with Crippen molar-refractivity contribution in [2.24, 2.45) is 0 Å². The fourth-order valence-corrected chi connectivity index (χ4v) is 2.86. The average molecular weight is 366 g/mol. The smallest absolute Gasteiger partial charge is 0.303 e. The molecule has 0 saturated heterocycles. The summed E-state index contributed by atoms with van der Waals surface area (Å²) in [5.74, 6) is -4.87. The third kappa shape index (κ3) is 2.71. The minimum absolute atomic E-state index is 0.156. The zero-order chi connectivity index (χ0) is 19.8. The number of Topliss-reactive ketones (excluding diaryl/α,β-unsaturated/α-hetero) is 2. The van der Waals surface area contributed by atoms with E-state index in [-0.39, 0.29) is 11.3 Å². The predicted octanol–water partition coefficient (Wildman–Crippen LogP) is 1.61. The van der Waals surface area contributed by atoms with E-state index in [1.165, 1.54) is 14.0 Å². The van der Waals surface area contributed by atoms with Crippen LogP contribution in [0.1, 0.15) is 46.2 Å². The van der Waals surface area contributed by atoms with Gasteiger partial charge in [-0.25, -0.2) is 0 Å². The van der Waals surface area contributed by atoms with E-state index in [0.717, 1.165) is 21.1 Å². The molecule has 0 amide bonds. The Morgan fingerprint density at radius 3 is 1.73 bits per heavy atom. The van der Waals surface area contributed by atoms with Gasteiger partial charge in [-0.2, -0.15) is 0 Å². The van der Waals surface area contributed by atoms with Crippen molar-refractivity contribution in [1.29, 1.82) is 0 Å². The lowest BCUT2D eigenvalue weighted by Gasteiger charge is -2.25. The quantitative estimate of drug-likeness (QED) is 0.590. The van der Waals surface area contributed by atoms with E-state index in [1.807, 2.05) is 0 Å². The maximum Gasteiger partial charge on any atom is 0.303 e. The summed E-state index contributed by atoms with van der Waals surface area (Å²) in [4.78, 5) is 36.6. The summed E-state index contributed by atoms with van der Waals surface area (Å²) in [6, 6.07) is 0. The number of methoxy groups -OCH3 is 3. The molecule has 1 atom stereocenters. The first-order chi connectivity index (χ1) is 12.2. The Morgan fingerprint density at radius 1 is 0.885 bits per heavy atom. The van der Waals surface area contributed by atoms with Crippen LogP contribution in [0.4, 0.5) is 0 Å². The molecule has 0 bridgehead atoms. The molecular formula is C17H18O9.